The molecule has 0 unspecified atom stereocenters. The normalized spacial score (nSPS) is 10.5. The van der Waals surface area contributed by atoms with Crippen LogP contribution in [0.1, 0.15) is 15.4 Å². The number of carbonyl (C=O) groups excluding carboxylic acids is 1. The molecule has 3 rings (SSSR count). The van der Waals surface area contributed by atoms with Gasteiger partial charge in [0.2, 0.25) is 0 Å². The zero-order valence-corrected chi connectivity index (χ0v) is 14.0. The highest BCUT2D eigenvalue weighted by atomic mass is 32.1. The molecule has 0 aliphatic carbocycles. The lowest BCUT2D eigenvalue weighted by Crippen LogP contribution is -2.11. The molecule has 0 aliphatic rings. The van der Waals surface area contributed by atoms with Gasteiger partial charge in [-0.1, -0.05) is 0 Å². The van der Waals surface area contributed by atoms with Gasteiger partial charge in [-0.3, -0.25) is 4.79 Å². The number of amides is 1. The number of methoxy groups -OCH3 is 1. The molecule has 1 aromatic heterocycles. The number of thiazole rings is 1. The molecule has 0 aliphatic heterocycles. The Morgan fingerprint density at radius 2 is 1.79 bits per heavy atom. The minimum Gasteiger partial charge on any atom is -0.497 e. The van der Waals surface area contributed by atoms with E-state index in [0.29, 0.717) is 21.3 Å². The predicted molar refractivity (Wildman–Crippen MR) is 93.2 cm³/mol. The third-order valence-corrected chi connectivity index (χ3v) is 4.65. The van der Waals surface area contributed by atoms with Crippen molar-refractivity contribution < 1.29 is 13.9 Å². The molecule has 0 saturated heterocycles. The first-order chi connectivity index (χ1) is 11.6. The Balaban J connectivity index is 1.81. The highest BCUT2D eigenvalue weighted by Crippen LogP contribution is 2.28. The van der Waals surface area contributed by atoms with Gasteiger partial charge in [-0.25, -0.2) is 9.37 Å². The van der Waals surface area contributed by atoms with Crippen LogP contribution in [0.4, 0.5) is 10.1 Å². The second-order valence-corrected chi connectivity index (χ2v) is 6.12. The fourth-order valence-corrected chi connectivity index (χ4v) is 3.15. The fourth-order valence-electron chi connectivity index (χ4n) is 2.19. The Morgan fingerprint density at radius 1 is 1.12 bits per heavy atom. The summed E-state index contributed by atoms with van der Waals surface area (Å²) in [5, 5.41) is 3.53. The zero-order chi connectivity index (χ0) is 17.1. The number of anilines is 1. The molecule has 1 N–H and O–H groups in total. The largest absolute Gasteiger partial charge is 0.497 e. The van der Waals surface area contributed by atoms with E-state index >= 15 is 0 Å². The van der Waals surface area contributed by atoms with Gasteiger partial charge in [0.1, 0.15) is 21.5 Å². The number of rotatable bonds is 4. The number of benzene rings is 2. The number of halogens is 1. The molecule has 4 nitrogen and oxygen atoms in total. The van der Waals surface area contributed by atoms with E-state index in [0.717, 1.165) is 11.3 Å². The van der Waals surface area contributed by atoms with Crippen molar-refractivity contribution in [1.82, 2.24) is 4.98 Å². The zero-order valence-electron chi connectivity index (χ0n) is 13.2. The van der Waals surface area contributed by atoms with Crippen molar-refractivity contribution in [2.45, 2.75) is 6.92 Å². The van der Waals surface area contributed by atoms with Crippen molar-refractivity contribution in [2.24, 2.45) is 0 Å². The first-order valence-electron chi connectivity index (χ1n) is 7.25. The Labute approximate surface area is 142 Å². The van der Waals surface area contributed by atoms with Crippen LogP contribution >= 0.6 is 11.3 Å². The van der Waals surface area contributed by atoms with Gasteiger partial charge in [-0.2, -0.15) is 0 Å². The predicted octanol–water partition coefficient (Wildman–Crippen LogP) is 4.52. The van der Waals surface area contributed by atoms with E-state index in [-0.39, 0.29) is 11.7 Å². The molecule has 6 heteroatoms. The number of ether oxygens (including phenoxy) is 1. The molecule has 0 atom stereocenters. The van der Waals surface area contributed by atoms with Gasteiger partial charge in [0, 0.05) is 11.3 Å². The van der Waals surface area contributed by atoms with Gasteiger partial charge in [0.15, 0.2) is 0 Å². The van der Waals surface area contributed by atoms with Gasteiger partial charge >= 0.3 is 0 Å². The van der Waals surface area contributed by atoms with Crippen LogP contribution in [0.15, 0.2) is 48.5 Å². The molecule has 122 valence electrons. The van der Waals surface area contributed by atoms with Crippen molar-refractivity contribution in [3.05, 3.63) is 64.9 Å². The minimum absolute atomic E-state index is 0.219. The van der Waals surface area contributed by atoms with Crippen LogP contribution in [-0.4, -0.2) is 18.0 Å². The molecular weight excluding hydrogens is 327 g/mol. The SMILES string of the molecule is COc1ccc(NC(=O)c2sc(-c3ccc(F)cc3)nc2C)cc1. The average molecular weight is 342 g/mol. The number of aromatic nitrogens is 1. The topological polar surface area (TPSA) is 51.2 Å². The fraction of sp³-hybridized carbons (Fsp3) is 0.111. The van der Waals surface area contributed by atoms with E-state index in [1.54, 1.807) is 50.4 Å². The number of carbonyl (C=O) groups is 1. The third-order valence-electron chi connectivity index (χ3n) is 3.44. The number of nitrogens with one attached hydrogen (secondary N) is 1. The Morgan fingerprint density at radius 3 is 2.42 bits per heavy atom. The Hall–Kier alpha value is -2.73. The van der Waals surface area contributed by atoms with Gasteiger partial charge in [-0.05, 0) is 55.5 Å². The molecule has 0 radical (unpaired) electrons. The van der Waals surface area contributed by atoms with Crippen LogP contribution in [-0.2, 0) is 0 Å². The maximum atomic E-state index is 13.0. The molecule has 0 fully saturated rings. The van der Waals surface area contributed by atoms with Gasteiger partial charge in [0.25, 0.3) is 5.91 Å². The molecule has 2 aromatic carbocycles. The monoisotopic (exact) mass is 342 g/mol. The van der Waals surface area contributed by atoms with Crippen molar-refractivity contribution in [1.29, 1.82) is 0 Å². The highest BCUT2D eigenvalue weighted by molar-refractivity contribution is 7.17. The third kappa shape index (κ3) is 3.44. The number of aryl methyl sites for hydroxylation is 1. The van der Waals surface area contributed by atoms with Gasteiger partial charge in [0.05, 0.1) is 12.8 Å². The first kappa shape index (κ1) is 16.1. The standard InChI is InChI=1S/C18H15FN2O2S/c1-11-16(17(22)21-14-7-9-15(23-2)10-8-14)24-18(20-11)12-3-5-13(19)6-4-12/h3-10H,1-2H3,(H,21,22). The summed E-state index contributed by atoms with van der Waals surface area (Å²) in [6, 6.07) is 13.2. The van der Waals surface area contributed by atoms with E-state index < -0.39 is 0 Å². The summed E-state index contributed by atoms with van der Waals surface area (Å²) in [6.45, 7) is 1.78. The molecule has 0 saturated carbocycles. The number of nitrogens with zero attached hydrogens (tertiary/aromatic N) is 1. The summed E-state index contributed by atoms with van der Waals surface area (Å²) >= 11 is 1.28. The van der Waals surface area contributed by atoms with E-state index in [1.807, 2.05) is 0 Å². The van der Waals surface area contributed by atoms with Crippen molar-refractivity contribution in [3.8, 4) is 16.3 Å². The van der Waals surface area contributed by atoms with Crippen molar-refractivity contribution >= 4 is 22.9 Å². The quantitative estimate of drug-likeness (QED) is 0.758. The molecule has 24 heavy (non-hydrogen) atoms. The lowest BCUT2D eigenvalue weighted by molar-refractivity contribution is 0.103. The molecule has 1 heterocycles. The lowest BCUT2D eigenvalue weighted by Gasteiger charge is -2.05. The van der Waals surface area contributed by atoms with Gasteiger partial charge < -0.3 is 10.1 Å². The summed E-state index contributed by atoms with van der Waals surface area (Å²) in [5.41, 5.74) is 2.11. The lowest BCUT2D eigenvalue weighted by atomic mass is 10.2. The van der Waals surface area contributed by atoms with Crippen LogP contribution in [0.2, 0.25) is 0 Å². The minimum atomic E-state index is -0.301. The van der Waals surface area contributed by atoms with E-state index in [4.69, 9.17) is 4.74 Å². The summed E-state index contributed by atoms with van der Waals surface area (Å²) in [6.07, 6.45) is 0. The smallest absolute Gasteiger partial charge is 0.267 e. The van der Waals surface area contributed by atoms with Crippen LogP contribution in [0, 0.1) is 12.7 Å². The van der Waals surface area contributed by atoms with Crippen LogP contribution in [0.25, 0.3) is 10.6 Å². The second kappa shape index (κ2) is 6.80. The second-order valence-electron chi connectivity index (χ2n) is 5.12. The van der Waals surface area contributed by atoms with Crippen LogP contribution < -0.4 is 10.1 Å². The number of hydrogen-bond acceptors (Lipinski definition) is 4. The Bertz CT molecular complexity index is 858. The van der Waals surface area contributed by atoms with E-state index in [1.165, 1.54) is 23.5 Å². The average Bonchev–Trinajstić information content (AvgIpc) is 2.98. The summed E-state index contributed by atoms with van der Waals surface area (Å²) in [4.78, 5) is 17.4. The van der Waals surface area contributed by atoms with E-state index in [2.05, 4.69) is 10.3 Å². The molecule has 3 aromatic rings. The van der Waals surface area contributed by atoms with Crippen LogP contribution in [0.3, 0.4) is 0 Å². The maximum absolute atomic E-state index is 13.0. The summed E-state index contributed by atoms with van der Waals surface area (Å²) < 4.78 is 18.1. The summed E-state index contributed by atoms with van der Waals surface area (Å²) in [5.74, 6) is 0.202. The van der Waals surface area contributed by atoms with Gasteiger partial charge in [-0.15, -0.1) is 11.3 Å². The number of hydrogen-bond donors (Lipinski definition) is 1. The van der Waals surface area contributed by atoms with Crippen LogP contribution in [0.5, 0.6) is 5.75 Å². The maximum Gasteiger partial charge on any atom is 0.267 e. The molecule has 0 bridgehead atoms. The first-order valence-corrected chi connectivity index (χ1v) is 8.07. The Kier molecular flexibility index (Phi) is 4.57. The van der Waals surface area contributed by atoms with Crippen molar-refractivity contribution in [2.75, 3.05) is 12.4 Å². The molecule has 0 spiro atoms. The molecular formula is C18H15FN2O2S. The highest BCUT2D eigenvalue weighted by Gasteiger charge is 2.16. The van der Waals surface area contributed by atoms with E-state index in [9.17, 15) is 9.18 Å². The summed E-state index contributed by atoms with van der Waals surface area (Å²) in [7, 11) is 1.59. The van der Waals surface area contributed by atoms with Crippen molar-refractivity contribution in [3.63, 3.8) is 0 Å². The molecule has 1 amide bonds.